The Labute approximate surface area is 138 Å². The van der Waals surface area contributed by atoms with Gasteiger partial charge < -0.3 is 15.2 Å². The second-order valence-electron chi connectivity index (χ2n) is 5.59. The number of benzene rings is 1. The molecular weight excluding hydrogens is 286 g/mol. The van der Waals surface area contributed by atoms with Gasteiger partial charge in [0.2, 0.25) is 0 Å². The maximum absolute atomic E-state index is 4.31. The standard InChI is InChI=1S/C18H27N5/c1-4-15(5-2)12-21-18(19-3)22-13-16-8-6-7-9-17(16)23-11-10-20-14-23/h6-11,14-15H,4-5,12-13H2,1-3H3,(H2,19,21,22). The Kier molecular flexibility index (Phi) is 6.66. The first-order valence-electron chi connectivity index (χ1n) is 8.29. The molecule has 0 atom stereocenters. The fourth-order valence-corrected chi connectivity index (χ4v) is 2.53. The molecule has 1 aromatic carbocycles. The van der Waals surface area contributed by atoms with E-state index in [0.717, 1.165) is 24.7 Å². The number of aromatic nitrogens is 2. The maximum Gasteiger partial charge on any atom is 0.191 e. The minimum Gasteiger partial charge on any atom is -0.356 e. The van der Waals surface area contributed by atoms with Crippen LogP contribution in [0.5, 0.6) is 0 Å². The lowest BCUT2D eigenvalue weighted by Crippen LogP contribution is -2.39. The molecule has 23 heavy (non-hydrogen) atoms. The summed E-state index contributed by atoms with van der Waals surface area (Å²) in [6.45, 7) is 6.13. The summed E-state index contributed by atoms with van der Waals surface area (Å²) >= 11 is 0. The lowest BCUT2D eigenvalue weighted by molar-refractivity contribution is 0.481. The smallest absolute Gasteiger partial charge is 0.191 e. The van der Waals surface area contributed by atoms with E-state index in [2.05, 4.69) is 52.7 Å². The van der Waals surface area contributed by atoms with Crippen LogP contribution in [0.15, 0.2) is 48.0 Å². The van der Waals surface area contributed by atoms with Crippen LogP contribution in [0.2, 0.25) is 0 Å². The molecule has 2 N–H and O–H groups in total. The quantitative estimate of drug-likeness (QED) is 0.610. The first-order valence-corrected chi connectivity index (χ1v) is 8.29. The summed E-state index contributed by atoms with van der Waals surface area (Å²) in [6.07, 6.45) is 7.94. The van der Waals surface area contributed by atoms with E-state index in [0.29, 0.717) is 5.92 Å². The number of nitrogens with one attached hydrogen (secondary N) is 2. The lowest BCUT2D eigenvalue weighted by Gasteiger charge is -2.17. The van der Waals surface area contributed by atoms with Gasteiger partial charge in [-0.05, 0) is 17.5 Å². The predicted octanol–water partition coefficient (Wildman–Crippen LogP) is 2.97. The molecule has 2 aromatic rings. The summed E-state index contributed by atoms with van der Waals surface area (Å²) < 4.78 is 2.03. The van der Waals surface area contributed by atoms with Crippen LogP contribution in [-0.2, 0) is 6.54 Å². The van der Waals surface area contributed by atoms with Gasteiger partial charge in [-0.3, -0.25) is 4.99 Å². The summed E-state index contributed by atoms with van der Waals surface area (Å²) in [5.74, 6) is 1.53. The predicted molar refractivity (Wildman–Crippen MR) is 95.8 cm³/mol. The van der Waals surface area contributed by atoms with Crippen LogP contribution < -0.4 is 10.6 Å². The van der Waals surface area contributed by atoms with E-state index in [1.807, 2.05) is 30.2 Å². The van der Waals surface area contributed by atoms with Gasteiger partial charge in [0.1, 0.15) is 0 Å². The molecule has 0 bridgehead atoms. The zero-order chi connectivity index (χ0) is 16.5. The molecule has 0 saturated heterocycles. The normalized spacial score (nSPS) is 11.7. The van der Waals surface area contributed by atoms with E-state index in [1.54, 1.807) is 6.20 Å². The number of aliphatic imine (C=N–C) groups is 1. The summed E-state index contributed by atoms with van der Waals surface area (Å²) in [5.41, 5.74) is 2.34. The van der Waals surface area contributed by atoms with Crippen LogP contribution in [0.1, 0.15) is 32.3 Å². The fraction of sp³-hybridized carbons (Fsp3) is 0.444. The molecule has 0 amide bonds. The summed E-state index contributed by atoms with van der Waals surface area (Å²) in [7, 11) is 1.81. The molecular formula is C18H27N5. The van der Waals surface area contributed by atoms with E-state index < -0.39 is 0 Å². The van der Waals surface area contributed by atoms with Crippen LogP contribution in [0.3, 0.4) is 0 Å². The van der Waals surface area contributed by atoms with E-state index in [-0.39, 0.29) is 0 Å². The highest BCUT2D eigenvalue weighted by Gasteiger charge is 2.07. The minimum atomic E-state index is 0.687. The van der Waals surface area contributed by atoms with Gasteiger partial charge in [-0.15, -0.1) is 0 Å². The first kappa shape index (κ1) is 17.1. The number of imidazole rings is 1. The highest BCUT2D eigenvalue weighted by atomic mass is 15.2. The van der Waals surface area contributed by atoms with Gasteiger partial charge in [0.25, 0.3) is 0 Å². The molecule has 5 heteroatoms. The third-order valence-corrected chi connectivity index (χ3v) is 4.16. The first-order chi connectivity index (χ1) is 11.3. The Bertz CT molecular complexity index is 600. The van der Waals surface area contributed by atoms with Crippen molar-refractivity contribution >= 4 is 5.96 Å². The third-order valence-electron chi connectivity index (χ3n) is 4.16. The minimum absolute atomic E-state index is 0.687. The summed E-state index contributed by atoms with van der Waals surface area (Å²) in [6, 6.07) is 8.31. The molecule has 0 spiro atoms. The molecule has 0 aliphatic carbocycles. The molecule has 2 rings (SSSR count). The second kappa shape index (κ2) is 8.98. The van der Waals surface area contributed by atoms with Crippen LogP contribution in [-0.4, -0.2) is 29.1 Å². The number of nitrogens with zero attached hydrogens (tertiary/aromatic N) is 3. The number of hydrogen-bond donors (Lipinski definition) is 2. The number of rotatable bonds is 7. The van der Waals surface area contributed by atoms with E-state index in [9.17, 15) is 0 Å². The molecule has 1 aromatic heterocycles. The topological polar surface area (TPSA) is 54.2 Å². The van der Waals surface area contributed by atoms with Crippen molar-refractivity contribution in [3.05, 3.63) is 48.5 Å². The number of para-hydroxylation sites is 1. The maximum atomic E-state index is 4.31. The van der Waals surface area contributed by atoms with Crippen molar-refractivity contribution in [1.82, 2.24) is 20.2 Å². The molecule has 1 heterocycles. The Morgan fingerprint density at radius 3 is 2.65 bits per heavy atom. The Morgan fingerprint density at radius 2 is 2.00 bits per heavy atom. The Morgan fingerprint density at radius 1 is 1.22 bits per heavy atom. The third kappa shape index (κ3) is 4.84. The number of guanidine groups is 1. The molecule has 5 nitrogen and oxygen atoms in total. The van der Waals surface area contributed by atoms with Crippen molar-refractivity contribution in [3.63, 3.8) is 0 Å². The van der Waals surface area contributed by atoms with Gasteiger partial charge in [0.05, 0.1) is 12.0 Å². The summed E-state index contributed by atoms with van der Waals surface area (Å²) in [4.78, 5) is 8.44. The average Bonchev–Trinajstić information content (AvgIpc) is 3.13. The zero-order valence-corrected chi connectivity index (χ0v) is 14.3. The van der Waals surface area contributed by atoms with Crippen LogP contribution in [0, 0.1) is 5.92 Å². The van der Waals surface area contributed by atoms with Gasteiger partial charge in [-0.2, -0.15) is 0 Å². The molecule has 124 valence electrons. The largest absolute Gasteiger partial charge is 0.356 e. The summed E-state index contributed by atoms with van der Waals surface area (Å²) in [5, 5.41) is 6.81. The van der Waals surface area contributed by atoms with Gasteiger partial charge in [0, 0.05) is 32.5 Å². The lowest BCUT2D eigenvalue weighted by atomic mass is 10.0. The van der Waals surface area contributed by atoms with Gasteiger partial charge in [-0.25, -0.2) is 4.98 Å². The monoisotopic (exact) mass is 313 g/mol. The average molecular weight is 313 g/mol. The molecule has 0 saturated carbocycles. The van der Waals surface area contributed by atoms with E-state index >= 15 is 0 Å². The highest BCUT2D eigenvalue weighted by molar-refractivity contribution is 5.79. The van der Waals surface area contributed by atoms with Crippen LogP contribution >= 0.6 is 0 Å². The molecule has 0 unspecified atom stereocenters. The van der Waals surface area contributed by atoms with Gasteiger partial charge in [0.15, 0.2) is 5.96 Å². The Balaban J connectivity index is 1.97. The van der Waals surface area contributed by atoms with Gasteiger partial charge in [-0.1, -0.05) is 44.9 Å². The SMILES string of the molecule is CCC(CC)CNC(=NC)NCc1ccccc1-n1ccnc1. The van der Waals surface area contributed by atoms with Crippen molar-refractivity contribution < 1.29 is 0 Å². The molecule has 0 radical (unpaired) electrons. The fourth-order valence-electron chi connectivity index (χ4n) is 2.53. The van der Waals surface area contributed by atoms with Crippen LogP contribution in [0.4, 0.5) is 0 Å². The van der Waals surface area contributed by atoms with Crippen molar-refractivity contribution in [2.45, 2.75) is 33.2 Å². The highest BCUT2D eigenvalue weighted by Crippen LogP contribution is 2.13. The number of hydrogen-bond acceptors (Lipinski definition) is 2. The zero-order valence-electron chi connectivity index (χ0n) is 14.3. The van der Waals surface area contributed by atoms with Crippen molar-refractivity contribution in [3.8, 4) is 5.69 Å². The van der Waals surface area contributed by atoms with Gasteiger partial charge >= 0.3 is 0 Å². The van der Waals surface area contributed by atoms with Crippen molar-refractivity contribution in [1.29, 1.82) is 0 Å². The van der Waals surface area contributed by atoms with Crippen LogP contribution in [0.25, 0.3) is 5.69 Å². The molecule has 0 fully saturated rings. The van der Waals surface area contributed by atoms with Crippen molar-refractivity contribution in [2.24, 2.45) is 10.9 Å². The van der Waals surface area contributed by atoms with E-state index in [1.165, 1.54) is 18.4 Å². The Hall–Kier alpha value is -2.30. The molecule has 0 aliphatic heterocycles. The molecule has 0 aliphatic rings. The van der Waals surface area contributed by atoms with Crippen molar-refractivity contribution in [2.75, 3.05) is 13.6 Å². The van der Waals surface area contributed by atoms with E-state index in [4.69, 9.17) is 0 Å². The second-order valence-corrected chi connectivity index (χ2v) is 5.59.